The van der Waals surface area contributed by atoms with Crippen LogP contribution in [0.15, 0.2) is 18.2 Å². The number of likely N-dealkylation sites (N-methyl/N-ethyl adjacent to an activating group) is 1. The zero-order valence-corrected chi connectivity index (χ0v) is 12.3. The topological polar surface area (TPSA) is 39.7 Å². The molecule has 112 valence electrons. The van der Waals surface area contributed by atoms with E-state index in [0.717, 1.165) is 6.42 Å². The molecule has 6 heteroatoms. The molecule has 2 rings (SSSR count). The normalized spacial score (nSPS) is 25.3. The molecule has 0 heterocycles. The van der Waals surface area contributed by atoms with E-state index in [2.05, 4.69) is 5.32 Å². The molecule has 0 aromatic heterocycles. The summed E-state index contributed by atoms with van der Waals surface area (Å²) in [6.45, 7) is 1.00. The third-order valence-electron chi connectivity index (χ3n) is 3.41. The minimum atomic E-state index is -0.530. The number of rotatable bonds is 7. The summed E-state index contributed by atoms with van der Waals surface area (Å²) in [7, 11) is 3.49. The second kappa shape index (κ2) is 7.22. The van der Waals surface area contributed by atoms with Crippen LogP contribution in [0.25, 0.3) is 0 Å². The van der Waals surface area contributed by atoms with Crippen LogP contribution in [-0.2, 0) is 9.47 Å². The van der Waals surface area contributed by atoms with Gasteiger partial charge in [-0.3, -0.25) is 0 Å². The Hall–Kier alpha value is -0.880. The zero-order valence-electron chi connectivity index (χ0n) is 11.6. The molecule has 1 saturated carbocycles. The zero-order chi connectivity index (χ0) is 14.5. The van der Waals surface area contributed by atoms with E-state index >= 15 is 0 Å². The van der Waals surface area contributed by atoms with Crippen molar-refractivity contribution < 1.29 is 18.6 Å². The van der Waals surface area contributed by atoms with Gasteiger partial charge < -0.3 is 19.5 Å². The van der Waals surface area contributed by atoms with Crippen molar-refractivity contribution >= 4 is 11.6 Å². The monoisotopic (exact) mass is 303 g/mol. The molecule has 20 heavy (non-hydrogen) atoms. The standard InChI is InChI=1S/C14H19ClFNO3/c1-17-10-8-12(14(10)19-7-6-18-2)20-11-5-3-4-9(15)13(11)16/h3-5,10,12,14,17H,6-8H2,1-2H3. The fraction of sp³-hybridized carbons (Fsp3) is 0.571. The quantitative estimate of drug-likeness (QED) is 0.784. The molecule has 0 spiro atoms. The molecule has 0 amide bonds. The van der Waals surface area contributed by atoms with Gasteiger partial charge in [-0.2, -0.15) is 0 Å². The van der Waals surface area contributed by atoms with E-state index in [-0.39, 0.29) is 29.0 Å². The molecule has 1 aliphatic carbocycles. The summed E-state index contributed by atoms with van der Waals surface area (Å²) in [6.07, 6.45) is 0.464. The highest BCUT2D eigenvalue weighted by molar-refractivity contribution is 6.30. The average Bonchev–Trinajstić information content (AvgIpc) is 2.43. The molecule has 4 nitrogen and oxygen atoms in total. The van der Waals surface area contributed by atoms with Gasteiger partial charge in [0.25, 0.3) is 0 Å². The van der Waals surface area contributed by atoms with Crippen molar-refractivity contribution in [2.75, 3.05) is 27.4 Å². The van der Waals surface area contributed by atoms with Crippen LogP contribution in [-0.4, -0.2) is 45.6 Å². The van der Waals surface area contributed by atoms with Crippen molar-refractivity contribution in [2.24, 2.45) is 0 Å². The van der Waals surface area contributed by atoms with Gasteiger partial charge in [0.1, 0.15) is 12.2 Å². The molecule has 3 unspecified atom stereocenters. The Morgan fingerprint density at radius 3 is 2.90 bits per heavy atom. The minimum Gasteiger partial charge on any atom is -0.484 e. The maximum Gasteiger partial charge on any atom is 0.183 e. The van der Waals surface area contributed by atoms with Crippen molar-refractivity contribution in [3.8, 4) is 5.75 Å². The Bertz CT molecular complexity index is 446. The minimum absolute atomic E-state index is 0.0591. The van der Waals surface area contributed by atoms with E-state index in [1.54, 1.807) is 19.2 Å². The Balaban J connectivity index is 1.96. The van der Waals surface area contributed by atoms with E-state index < -0.39 is 5.82 Å². The van der Waals surface area contributed by atoms with Crippen LogP contribution in [0.1, 0.15) is 6.42 Å². The molecule has 0 bridgehead atoms. The van der Waals surface area contributed by atoms with E-state index in [1.165, 1.54) is 6.07 Å². The first-order valence-electron chi connectivity index (χ1n) is 6.55. The van der Waals surface area contributed by atoms with Gasteiger partial charge >= 0.3 is 0 Å². The summed E-state index contributed by atoms with van der Waals surface area (Å²) in [5.74, 6) is -0.366. The number of benzene rings is 1. The van der Waals surface area contributed by atoms with Gasteiger partial charge in [0.05, 0.1) is 18.2 Å². The molecule has 0 aliphatic heterocycles. The largest absolute Gasteiger partial charge is 0.484 e. The van der Waals surface area contributed by atoms with E-state index in [9.17, 15) is 4.39 Å². The predicted molar refractivity (Wildman–Crippen MR) is 74.9 cm³/mol. The van der Waals surface area contributed by atoms with Gasteiger partial charge in [0.2, 0.25) is 0 Å². The highest BCUT2D eigenvalue weighted by Crippen LogP contribution is 2.32. The van der Waals surface area contributed by atoms with E-state index in [0.29, 0.717) is 13.2 Å². The fourth-order valence-corrected chi connectivity index (χ4v) is 2.37. The molecule has 1 aromatic rings. The fourth-order valence-electron chi connectivity index (χ4n) is 2.21. The third-order valence-corrected chi connectivity index (χ3v) is 3.70. The van der Waals surface area contributed by atoms with Gasteiger partial charge in [0, 0.05) is 19.6 Å². The maximum absolute atomic E-state index is 13.8. The van der Waals surface area contributed by atoms with Crippen molar-refractivity contribution in [3.05, 3.63) is 29.0 Å². The first-order valence-corrected chi connectivity index (χ1v) is 6.93. The van der Waals surface area contributed by atoms with Crippen LogP contribution in [0.5, 0.6) is 5.75 Å². The number of halogens is 2. The van der Waals surface area contributed by atoms with Gasteiger partial charge in [-0.25, -0.2) is 4.39 Å². The van der Waals surface area contributed by atoms with Gasteiger partial charge in [-0.1, -0.05) is 17.7 Å². The molecule has 0 radical (unpaired) electrons. The van der Waals surface area contributed by atoms with Crippen LogP contribution in [0.3, 0.4) is 0 Å². The lowest BCUT2D eigenvalue weighted by atomic mass is 9.85. The summed E-state index contributed by atoms with van der Waals surface area (Å²) >= 11 is 5.74. The Labute approximate surface area is 123 Å². The number of methoxy groups -OCH3 is 1. The highest BCUT2D eigenvalue weighted by Gasteiger charge is 2.43. The second-order valence-electron chi connectivity index (χ2n) is 4.67. The van der Waals surface area contributed by atoms with Crippen LogP contribution in [0.4, 0.5) is 4.39 Å². The number of nitrogens with one attached hydrogen (secondary N) is 1. The van der Waals surface area contributed by atoms with Crippen molar-refractivity contribution in [2.45, 2.75) is 24.7 Å². The molecular formula is C14H19ClFNO3. The maximum atomic E-state index is 13.8. The van der Waals surface area contributed by atoms with Crippen LogP contribution in [0.2, 0.25) is 5.02 Å². The molecule has 1 aromatic carbocycles. The first kappa shape index (κ1) is 15.5. The molecule has 1 N–H and O–H groups in total. The Morgan fingerprint density at radius 2 is 2.20 bits per heavy atom. The summed E-state index contributed by atoms with van der Waals surface area (Å²) < 4.78 is 30.1. The predicted octanol–water partition coefficient (Wildman–Crippen LogP) is 2.25. The third kappa shape index (κ3) is 3.41. The smallest absolute Gasteiger partial charge is 0.183 e. The van der Waals surface area contributed by atoms with Gasteiger partial charge in [-0.15, -0.1) is 0 Å². The lowest BCUT2D eigenvalue weighted by Gasteiger charge is -2.43. The summed E-state index contributed by atoms with van der Waals surface area (Å²) in [5, 5.41) is 3.21. The summed E-state index contributed by atoms with van der Waals surface area (Å²) in [5.41, 5.74) is 0. The molecule has 1 fully saturated rings. The van der Waals surface area contributed by atoms with Crippen LogP contribution < -0.4 is 10.1 Å². The number of hydrogen-bond acceptors (Lipinski definition) is 4. The van der Waals surface area contributed by atoms with E-state index in [4.69, 9.17) is 25.8 Å². The van der Waals surface area contributed by atoms with Crippen LogP contribution >= 0.6 is 11.6 Å². The average molecular weight is 304 g/mol. The lowest BCUT2D eigenvalue weighted by molar-refractivity contribution is -0.115. The SMILES string of the molecule is CNC1CC(Oc2cccc(Cl)c2F)C1OCCOC. The number of hydrogen-bond donors (Lipinski definition) is 1. The number of ether oxygens (including phenoxy) is 3. The molecule has 3 atom stereocenters. The van der Waals surface area contributed by atoms with Crippen molar-refractivity contribution in [1.82, 2.24) is 5.32 Å². The van der Waals surface area contributed by atoms with Crippen LogP contribution in [0, 0.1) is 5.82 Å². The van der Waals surface area contributed by atoms with Gasteiger partial charge in [-0.05, 0) is 19.2 Å². The summed E-state index contributed by atoms with van der Waals surface area (Å²) in [4.78, 5) is 0. The summed E-state index contributed by atoms with van der Waals surface area (Å²) in [6, 6.07) is 4.93. The highest BCUT2D eigenvalue weighted by atomic mass is 35.5. The molecular weight excluding hydrogens is 285 g/mol. The first-order chi connectivity index (χ1) is 9.67. The Morgan fingerprint density at radius 1 is 1.40 bits per heavy atom. The van der Waals surface area contributed by atoms with Crippen molar-refractivity contribution in [3.63, 3.8) is 0 Å². The molecule has 0 saturated heterocycles. The van der Waals surface area contributed by atoms with Gasteiger partial charge in [0.15, 0.2) is 11.6 Å². The second-order valence-corrected chi connectivity index (χ2v) is 5.07. The lowest BCUT2D eigenvalue weighted by Crippen LogP contribution is -2.60. The molecule has 1 aliphatic rings. The van der Waals surface area contributed by atoms with E-state index in [1.807, 2.05) is 7.05 Å². The van der Waals surface area contributed by atoms with Crippen molar-refractivity contribution in [1.29, 1.82) is 0 Å². The Kier molecular flexibility index (Phi) is 5.60.